The van der Waals surface area contributed by atoms with Gasteiger partial charge in [0, 0.05) is 24.0 Å². The summed E-state index contributed by atoms with van der Waals surface area (Å²) in [4.78, 5) is 16.3. The molecule has 0 amide bonds. The lowest BCUT2D eigenvalue weighted by Crippen LogP contribution is -2.02. The number of para-hydroxylation sites is 1. The molecule has 146 valence electrons. The Hall–Kier alpha value is -3.66. The zero-order valence-electron chi connectivity index (χ0n) is 15.1. The Kier molecular flexibility index (Phi) is 4.77. The average Bonchev–Trinajstić information content (AvgIpc) is 2.70. The third-order valence-electron chi connectivity index (χ3n) is 3.97. The van der Waals surface area contributed by atoms with Crippen molar-refractivity contribution >= 4 is 32.4 Å². The zero-order valence-corrected chi connectivity index (χ0v) is 15.9. The molecule has 1 N–H and O–H groups in total. The van der Waals surface area contributed by atoms with Crippen molar-refractivity contribution < 1.29 is 17.5 Å². The van der Waals surface area contributed by atoms with E-state index < -0.39 is 15.7 Å². The van der Waals surface area contributed by atoms with Crippen LogP contribution < -0.4 is 10.1 Å². The van der Waals surface area contributed by atoms with Crippen LogP contribution in [0.1, 0.15) is 0 Å². The predicted molar refractivity (Wildman–Crippen MR) is 104 cm³/mol. The highest BCUT2D eigenvalue weighted by Gasteiger charge is 2.19. The van der Waals surface area contributed by atoms with Gasteiger partial charge in [-0.1, -0.05) is 6.07 Å². The van der Waals surface area contributed by atoms with E-state index in [-0.39, 0.29) is 16.4 Å². The van der Waals surface area contributed by atoms with Gasteiger partial charge in [-0.05, 0) is 30.3 Å². The van der Waals surface area contributed by atoms with E-state index in [0.717, 1.165) is 12.3 Å². The second-order valence-electron chi connectivity index (χ2n) is 6.06. The minimum Gasteiger partial charge on any atom is -0.453 e. The van der Waals surface area contributed by atoms with Gasteiger partial charge in [0.15, 0.2) is 21.4 Å². The van der Waals surface area contributed by atoms with Crippen LogP contribution in [0, 0.1) is 5.82 Å². The highest BCUT2D eigenvalue weighted by molar-refractivity contribution is 7.90. The molecule has 0 bridgehead atoms. The Morgan fingerprint density at radius 2 is 1.93 bits per heavy atom. The maximum Gasteiger partial charge on any atom is 0.181 e. The molecule has 0 aliphatic carbocycles. The van der Waals surface area contributed by atoms with E-state index in [9.17, 15) is 12.8 Å². The second-order valence-corrected chi connectivity index (χ2v) is 8.04. The SMILES string of the molecule is CS(=O)(=O)c1cccc(F)c1Oc1ccc2ncnc(Nc3cnccn3)c2c1. The molecular weight excluding hydrogens is 397 g/mol. The Labute approximate surface area is 165 Å². The number of nitrogens with zero attached hydrogens (tertiary/aromatic N) is 4. The number of halogens is 1. The van der Waals surface area contributed by atoms with Crippen molar-refractivity contribution in [2.24, 2.45) is 0 Å². The fourth-order valence-corrected chi connectivity index (χ4v) is 3.48. The maximum absolute atomic E-state index is 14.3. The summed E-state index contributed by atoms with van der Waals surface area (Å²) in [6.45, 7) is 0. The molecule has 2 aromatic carbocycles. The van der Waals surface area contributed by atoms with E-state index in [1.165, 1.54) is 30.9 Å². The molecule has 0 radical (unpaired) electrons. The highest BCUT2D eigenvalue weighted by Crippen LogP contribution is 2.34. The van der Waals surface area contributed by atoms with Crippen molar-refractivity contribution in [3.63, 3.8) is 0 Å². The van der Waals surface area contributed by atoms with Crippen molar-refractivity contribution in [1.29, 1.82) is 0 Å². The molecule has 2 aromatic heterocycles. The molecule has 0 saturated heterocycles. The van der Waals surface area contributed by atoms with E-state index in [2.05, 4.69) is 25.3 Å². The molecule has 0 atom stereocenters. The average molecular weight is 411 g/mol. The number of rotatable bonds is 5. The zero-order chi connectivity index (χ0) is 20.4. The minimum atomic E-state index is -3.68. The smallest absolute Gasteiger partial charge is 0.181 e. The number of anilines is 2. The van der Waals surface area contributed by atoms with Crippen molar-refractivity contribution in [3.8, 4) is 11.5 Å². The first-order chi connectivity index (χ1) is 13.9. The largest absolute Gasteiger partial charge is 0.453 e. The molecule has 0 unspecified atom stereocenters. The summed E-state index contributed by atoms with van der Waals surface area (Å²) in [6.07, 6.45) is 6.99. The molecule has 10 heteroatoms. The molecule has 0 aliphatic heterocycles. The van der Waals surface area contributed by atoms with Gasteiger partial charge in [0.1, 0.15) is 28.6 Å². The molecule has 2 heterocycles. The molecule has 0 spiro atoms. The van der Waals surface area contributed by atoms with Crippen LogP contribution in [-0.2, 0) is 9.84 Å². The molecule has 0 saturated carbocycles. The topological polar surface area (TPSA) is 107 Å². The van der Waals surface area contributed by atoms with Gasteiger partial charge in [-0.15, -0.1) is 0 Å². The van der Waals surface area contributed by atoms with Crippen molar-refractivity contribution in [2.75, 3.05) is 11.6 Å². The molecular formula is C19H14FN5O3S. The monoisotopic (exact) mass is 411 g/mol. The van der Waals surface area contributed by atoms with Gasteiger partial charge in [-0.2, -0.15) is 0 Å². The van der Waals surface area contributed by atoms with Gasteiger partial charge in [-0.25, -0.2) is 27.8 Å². The van der Waals surface area contributed by atoms with Crippen LogP contribution >= 0.6 is 0 Å². The normalized spacial score (nSPS) is 11.4. The van der Waals surface area contributed by atoms with E-state index in [4.69, 9.17) is 4.74 Å². The second kappa shape index (κ2) is 7.40. The van der Waals surface area contributed by atoms with Gasteiger partial charge < -0.3 is 10.1 Å². The molecule has 0 fully saturated rings. The van der Waals surface area contributed by atoms with E-state index in [1.807, 2.05) is 0 Å². The van der Waals surface area contributed by atoms with Crippen molar-refractivity contribution in [3.05, 3.63) is 67.1 Å². The fourth-order valence-electron chi connectivity index (χ4n) is 2.68. The first-order valence-corrected chi connectivity index (χ1v) is 10.3. The van der Waals surface area contributed by atoms with Crippen LogP contribution in [0.15, 0.2) is 66.2 Å². The van der Waals surface area contributed by atoms with Gasteiger partial charge in [0.2, 0.25) is 0 Å². The summed E-state index contributed by atoms with van der Waals surface area (Å²) in [7, 11) is -3.68. The van der Waals surface area contributed by atoms with Crippen molar-refractivity contribution in [1.82, 2.24) is 19.9 Å². The molecule has 4 aromatic rings. The Bertz CT molecular complexity index is 1300. The summed E-state index contributed by atoms with van der Waals surface area (Å²) in [6, 6.07) is 8.56. The first kappa shape index (κ1) is 18.7. The number of hydrogen-bond donors (Lipinski definition) is 1. The van der Waals surface area contributed by atoms with Gasteiger partial charge in [-0.3, -0.25) is 4.98 Å². The number of aromatic nitrogens is 4. The lowest BCUT2D eigenvalue weighted by atomic mass is 10.2. The quantitative estimate of drug-likeness (QED) is 0.532. The summed E-state index contributed by atoms with van der Waals surface area (Å²) in [5.41, 5.74) is 0.607. The van der Waals surface area contributed by atoms with Crippen LogP contribution in [0.3, 0.4) is 0 Å². The summed E-state index contributed by atoms with van der Waals surface area (Å²) < 4.78 is 43.9. The minimum absolute atomic E-state index is 0.226. The van der Waals surface area contributed by atoms with Gasteiger partial charge >= 0.3 is 0 Å². The Morgan fingerprint density at radius 3 is 2.69 bits per heavy atom. The molecule has 0 aliphatic rings. The third kappa shape index (κ3) is 3.97. The van der Waals surface area contributed by atoms with Gasteiger partial charge in [0.25, 0.3) is 0 Å². The fraction of sp³-hybridized carbons (Fsp3) is 0.0526. The first-order valence-electron chi connectivity index (χ1n) is 8.36. The number of sulfone groups is 1. The van der Waals surface area contributed by atoms with Crippen LogP contribution in [0.5, 0.6) is 11.5 Å². The van der Waals surface area contributed by atoms with Crippen LogP contribution in [-0.4, -0.2) is 34.6 Å². The summed E-state index contributed by atoms with van der Waals surface area (Å²) in [5.74, 6) is -0.000481. The Balaban J connectivity index is 1.76. The number of hydrogen-bond acceptors (Lipinski definition) is 8. The van der Waals surface area contributed by atoms with Crippen LogP contribution in [0.25, 0.3) is 10.9 Å². The predicted octanol–water partition coefficient (Wildman–Crippen LogP) is 3.50. The summed E-state index contributed by atoms with van der Waals surface area (Å²) in [5, 5.41) is 3.61. The number of benzene rings is 2. The number of ether oxygens (including phenoxy) is 1. The maximum atomic E-state index is 14.3. The van der Waals surface area contributed by atoms with Crippen LogP contribution in [0.2, 0.25) is 0 Å². The van der Waals surface area contributed by atoms with E-state index in [0.29, 0.717) is 22.5 Å². The number of nitrogens with one attached hydrogen (secondary N) is 1. The third-order valence-corrected chi connectivity index (χ3v) is 5.09. The lowest BCUT2D eigenvalue weighted by Gasteiger charge is -2.12. The molecule has 4 rings (SSSR count). The standard InChI is InChI=1S/C19H14FN5O3S/c1-29(26,27)16-4-2-3-14(20)18(16)28-12-5-6-15-13(9-12)19(24-11-23-15)25-17-10-21-7-8-22-17/h2-11H,1H3,(H,22,23,24,25). The van der Waals surface area contributed by atoms with E-state index >= 15 is 0 Å². The summed E-state index contributed by atoms with van der Waals surface area (Å²) >= 11 is 0. The molecule has 29 heavy (non-hydrogen) atoms. The lowest BCUT2D eigenvalue weighted by molar-refractivity contribution is 0.428. The number of fused-ring (bicyclic) bond motifs is 1. The molecule has 8 nitrogen and oxygen atoms in total. The highest BCUT2D eigenvalue weighted by atomic mass is 32.2. The van der Waals surface area contributed by atoms with E-state index in [1.54, 1.807) is 24.4 Å². The van der Waals surface area contributed by atoms with Crippen molar-refractivity contribution in [2.45, 2.75) is 4.90 Å². The Morgan fingerprint density at radius 1 is 1.07 bits per heavy atom. The van der Waals surface area contributed by atoms with Gasteiger partial charge in [0.05, 0.1) is 11.7 Å². The van der Waals surface area contributed by atoms with Crippen LogP contribution in [0.4, 0.5) is 16.0 Å².